The second-order valence-electron chi connectivity index (χ2n) is 6.23. The molecular formula is C16H31NO3. The van der Waals surface area contributed by atoms with E-state index < -0.39 is 0 Å². The molecule has 1 saturated carbocycles. The van der Waals surface area contributed by atoms with Crippen LogP contribution in [-0.4, -0.2) is 38.4 Å². The Bertz CT molecular complexity index is 273. The second-order valence-corrected chi connectivity index (χ2v) is 6.23. The number of rotatable bonds is 8. The summed E-state index contributed by atoms with van der Waals surface area (Å²) in [6.07, 6.45) is 5.66. The van der Waals surface area contributed by atoms with Crippen LogP contribution in [0.5, 0.6) is 0 Å². The van der Waals surface area contributed by atoms with Crippen LogP contribution in [0.25, 0.3) is 0 Å². The van der Waals surface area contributed by atoms with E-state index in [0.717, 1.165) is 37.6 Å². The Labute approximate surface area is 123 Å². The SMILES string of the molecule is CCCNC(CCOC1CC(C)CC(C)C1)C(=O)OC. The molecule has 3 unspecified atom stereocenters. The van der Waals surface area contributed by atoms with Crippen molar-refractivity contribution in [2.75, 3.05) is 20.3 Å². The Balaban J connectivity index is 2.30. The molecular weight excluding hydrogens is 254 g/mol. The molecule has 0 aromatic carbocycles. The molecule has 3 atom stereocenters. The maximum absolute atomic E-state index is 11.7. The molecule has 118 valence electrons. The summed E-state index contributed by atoms with van der Waals surface area (Å²) in [5, 5.41) is 3.22. The van der Waals surface area contributed by atoms with Crippen LogP contribution in [0.4, 0.5) is 0 Å². The van der Waals surface area contributed by atoms with Gasteiger partial charge in [-0.1, -0.05) is 20.8 Å². The quantitative estimate of drug-likeness (QED) is 0.697. The Kier molecular flexibility index (Phi) is 8.15. The van der Waals surface area contributed by atoms with Crippen LogP contribution in [0.2, 0.25) is 0 Å². The Morgan fingerprint density at radius 2 is 1.90 bits per heavy atom. The highest BCUT2D eigenvalue weighted by Crippen LogP contribution is 2.30. The van der Waals surface area contributed by atoms with Gasteiger partial charge in [0.15, 0.2) is 0 Å². The fourth-order valence-electron chi connectivity index (χ4n) is 3.13. The van der Waals surface area contributed by atoms with Crippen LogP contribution in [0.1, 0.15) is 52.9 Å². The molecule has 0 amide bonds. The van der Waals surface area contributed by atoms with E-state index >= 15 is 0 Å². The average molecular weight is 285 g/mol. The van der Waals surface area contributed by atoms with Gasteiger partial charge in [-0.25, -0.2) is 0 Å². The van der Waals surface area contributed by atoms with Crippen molar-refractivity contribution in [1.29, 1.82) is 0 Å². The van der Waals surface area contributed by atoms with Crippen molar-refractivity contribution in [2.24, 2.45) is 11.8 Å². The zero-order valence-corrected chi connectivity index (χ0v) is 13.5. The first-order valence-electron chi connectivity index (χ1n) is 7.99. The van der Waals surface area contributed by atoms with Crippen LogP contribution in [-0.2, 0) is 14.3 Å². The zero-order valence-electron chi connectivity index (χ0n) is 13.5. The summed E-state index contributed by atoms with van der Waals surface area (Å²) in [7, 11) is 1.44. The standard InChI is InChI=1S/C16H31NO3/c1-5-7-17-15(16(18)19-4)6-8-20-14-10-12(2)9-13(3)11-14/h12-15,17H,5-11H2,1-4H3. The van der Waals surface area contributed by atoms with E-state index in [4.69, 9.17) is 9.47 Å². The van der Waals surface area contributed by atoms with Crippen LogP contribution in [0.15, 0.2) is 0 Å². The van der Waals surface area contributed by atoms with E-state index in [2.05, 4.69) is 26.1 Å². The number of esters is 1. The maximum Gasteiger partial charge on any atom is 0.322 e. The first kappa shape index (κ1) is 17.4. The third-order valence-corrected chi connectivity index (χ3v) is 4.02. The van der Waals surface area contributed by atoms with Crippen molar-refractivity contribution in [2.45, 2.75) is 65.0 Å². The summed E-state index contributed by atoms with van der Waals surface area (Å²) in [5.41, 5.74) is 0. The highest BCUT2D eigenvalue weighted by molar-refractivity contribution is 5.75. The van der Waals surface area contributed by atoms with Gasteiger partial charge < -0.3 is 14.8 Å². The zero-order chi connectivity index (χ0) is 15.0. The molecule has 1 rings (SSSR count). The molecule has 20 heavy (non-hydrogen) atoms. The summed E-state index contributed by atoms with van der Waals surface area (Å²) in [6, 6.07) is -0.238. The molecule has 1 fully saturated rings. The third kappa shape index (κ3) is 6.23. The molecule has 1 aliphatic carbocycles. The minimum Gasteiger partial charge on any atom is -0.468 e. The number of ether oxygens (including phenoxy) is 2. The summed E-state index contributed by atoms with van der Waals surface area (Å²) in [4.78, 5) is 11.7. The molecule has 0 bridgehead atoms. The van der Waals surface area contributed by atoms with E-state index in [0.29, 0.717) is 19.1 Å². The number of carbonyl (C=O) groups excluding carboxylic acids is 1. The topological polar surface area (TPSA) is 47.6 Å². The molecule has 0 heterocycles. The highest BCUT2D eigenvalue weighted by Gasteiger charge is 2.25. The predicted octanol–water partition coefficient (Wildman–Crippen LogP) is 2.76. The Hall–Kier alpha value is -0.610. The number of hydrogen-bond donors (Lipinski definition) is 1. The summed E-state index contributed by atoms with van der Waals surface area (Å²) in [6.45, 7) is 8.14. The lowest BCUT2D eigenvalue weighted by atomic mass is 9.82. The van der Waals surface area contributed by atoms with Gasteiger partial charge in [-0.05, 0) is 50.5 Å². The number of hydrogen-bond acceptors (Lipinski definition) is 4. The first-order chi connectivity index (χ1) is 9.56. The lowest BCUT2D eigenvalue weighted by Gasteiger charge is -2.31. The minimum absolute atomic E-state index is 0.188. The summed E-state index contributed by atoms with van der Waals surface area (Å²) >= 11 is 0. The van der Waals surface area contributed by atoms with Crippen molar-refractivity contribution in [3.63, 3.8) is 0 Å². The largest absolute Gasteiger partial charge is 0.468 e. The fourth-order valence-corrected chi connectivity index (χ4v) is 3.13. The Morgan fingerprint density at radius 3 is 2.45 bits per heavy atom. The molecule has 0 radical (unpaired) electrons. The van der Waals surface area contributed by atoms with Gasteiger partial charge in [-0.3, -0.25) is 4.79 Å². The van der Waals surface area contributed by atoms with Crippen molar-refractivity contribution < 1.29 is 14.3 Å². The maximum atomic E-state index is 11.7. The first-order valence-corrected chi connectivity index (χ1v) is 7.99. The van der Waals surface area contributed by atoms with E-state index in [-0.39, 0.29) is 12.0 Å². The van der Waals surface area contributed by atoms with Gasteiger partial charge >= 0.3 is 5.97 Å². The van der Waals surface area contributed by atoms with Gasteiger partial charge in [0.2, 0.25) is 0 Å². The monoisotopic (exact) mass is 285 g/mol. The smallest absolute Gasteiger partial charge is 0.322 e. The Morgan fingerprint density at radius 1 is 1.25 bits per heavy atom. The second kappa shape index (κ2) is 9.35. The molecule has 0 aromatic rings. The van der Waals surface area contributed by atoms with E-state index in [1.807, 2.05) is 0 Å². The molecule has 0 aromatic heterocycles. The van der Waals surface area contributed by atoms with Gasteiger partial charge in [0.25, 0.3) is 0 Å². The summed E-state index contributed by atoms with van der Waals surface area (Å²) in [5.74, 6) is 1.31. The molecule has 0 saturated heterocycles. The molecule has 0 spiro atoms. The van der Waals surface area contributed by atoms with Crippen LogP contribution in [0, 0.1) is 11.8 Å². The third-order valence-electron chi connectivity index (χ3n) is 4.02. The van der Waals surface area contributed by atoms with E-state index in [1.165, 1.54) is 13.5 Å². The van der Waals surface area contributed by atoms with E-state index in [9.17, 15) is 4.79 Å². The van der Waals surface area contributed by atoms with Gasteiger partial charge in [0.05, 0.1) is 13.2 Å². The molecule has 4 heteroatoms. The van der Waals surface area contributed by atoms with Gasteiger partial charge in [-0.15, -0.1) is 0 Å². The van der Waals surface area contributed by atoms with Gasteiger partial charge in [-0.2, -0.15) is 0 Å². The van der Waals surface area contributed by atoms with Crippen LogP contribution < -0.4 is 5.32 Å². The molecule has 4 nitrogen and oxygen atoms in total. The molecule has 0 aliphatic heterocycles. The normalized spacial score (nSPS) is 28.1. The fraction of sp³-hybridized carbons (Fsp3) is 0.938. The van der Waals surface area contributed by atoms with Crippen LogP contribution in [0.3, 0.4) is 0 Å². The van der Waals surface area contributed by atoms with Crippen molar-refractivity contribution >= 4 is 5.97 Å². The number of methoxy groups -OCH3 is 1. The van der Waals surface area contributed by atoms with Crippen molar-refractivity contribution in [3.05, 3.63) is 0 Å². The van der Waals surface area contributed by atoms with E-state index in [1.54, 1.807) is 0 Å². The van der Waals surface area contributed by atoms with Crippen LogP contribution >= 0.6 is 0 Å². The highest BCUT2D eigenvalue weighted by atomic mass is 16.5. The predicted molar refractivity (Wildman–Crippen MR) is 80.6 cm³/mol. The minimum atomic E-state index is -0.238. The summed E-state index contributed by atoms with van der Waals surface area (Å²) < 4.78 is 10.8. The lowest BCUT2D eigenvalue weighted by Crippen LogP contribution is -2.39. The number of carbonyl (C=O) groups is 1. The molecule has 1 N–H and O–H groups in total. The number of nitrogens with one attached hydrogen (secondary N) is 1. The lowest BCUT2D eigenvalue weighted by molar-refractivity contribution is -0.144. The molecule has 1 aliphatic rings. The van der Waals surface area contributed by atoms with Gasteiger partial charge in [0.1, 0.15) is 6.04 Å². The van der Waals surface area contributed by atoms with Crippen molar-refractivity contribution in [3.8, 4) is 0 Å². The van der Waals surface area contributed by atoms with Gasteiger partial charge in [0, 0.05) is 6.61 Å². The van der Waals surface area contributed by atoms with Crippen molar-refractivity contribution in [1.82, 2.24) is 5.32 Å². The average Bonchev–Trinajstić information content (AvgIpc) is 2.40.